The van der Waals surface area contributed by atoms with Gasteiger partial charge in [-0.15, -0.1) is 0 Å². The van der Waals surface area contributed by atoms with Gasteiger partial charge >= 0.3 is 5.97 Å². The smallest absolute Gasteiger partial charge is 0.345 e. The van der Waals surface area contributed by atoms with Crippen molar-refractivity contribution in [2.75, 3.05) is 13.2 Å². The number of hydrogen-bond donors (Lipinski definition) is 1. The SMILES string of the molecule is CCOc1ccc(/C=C/C(O)=C2C(=O)CC(C)OC2=O)c(OCC)c1. The fourth-order valence-electron chi connectivity index (χ4n) is 2.45. The summed E-state index contributed by atoms with van der Waals surface area (Å²) in [7, 11) is 0. The first kappa shape index (κ1) is 18.6. The molecular formula is C19H22O6. The third-order valence-electron chi connectivity index (χ3n) is 3.54. The predicted molar refractivity (Wildman–Crippen MR) is 92.6 cm³/mol. The number of rotatable bonds is 6. The van der Waals surface area contributed by atoms with Gasteiger partial charge < -0.3 is 19.3 Å². The number of aliphatic hydroxyl groups excluding tert-OH is 1. The molecule has 0 spiro atoms. The maximum atomic E-state index is 12.0. The molecule has 0 amide bonds. The van der Waals surface area contributed by atoms with Gasteiger partial charge in [-0.2, -0.15) is 0 Å². The quantitative estimate of drug-likeness (QED) is 0.369. The molecule has 1 unspecified atom stereocenters. The summed E-state index contributed by atoms with van der Waals surface area (Å²) in [4.78, 5) is 23.8. The van der Waals surface area contributed by atoms with Crippen molar-refractivity contribution in [3.8, 4) is 11.5 Å². The fraction of sp³-hybridized carbons (Fsp3) is 0.368. The molecule has 0 bridgehead atoms. The average Bonchev–Trinajstić information content (AvgIpc) is 2.53. The molecule has 1 atom stereocenters. The highest BCUT2D eigenvalue weighted by atomic mass is 16.5. The molecule has 0 saturated carbocycles. The first-order valence-electron chi connectivity index (χ1n) is 8.21. The van der Waals surface area contributed by atoms with Gasteiger partial charge in [-0.1, -0.05) is 0 Å². The van der Waals surface area contributed by atoms with E-state index in [1.807, 2.05) is 13.8 Å². The highest BCUT2D eigenvalue weighted by Crippen LogP contribution is 2.27. The van der Waals surface area contributed by atoms with Gasteiger partial charge in [-0.05, 0) is 45.1 Å². The minimum absolute atomic E-state index is 0.0617. The Labute approximate surface area is 146 Å². The Bertz CT molecular complexity index is 697. The minimum atomic E-state index is -0.803. The molecule has 2 rings (SSSR count). The van der Waals surface area contributed by atoms with Gasteiger partial charge in [-0.25, -0.2) is 4.79 Å². The molecule has 6 nitrogen and oxygen atoms in total. The van der Waals surface area contributed by atoms with E-state index in [9.17, 15) is 14.7 Å². The Morgan fingerprint density at radius 3 is 2.64 bits per heavy atom. The van der Waals surface area contributed by atoms with Gasteiger partial charge in [0.1, 0.15) is 28.9 Å². The number of carbonyl (C=O) groups is 2. The van der Waals surface area contributed by atoms with Crippen LogP contribution in [0.25, 0.3) is 6.08 Å². The number of esters is 1. The molecule has 6 heteroatoms. The van der Waals surface area contributed by atoms with Crippen LogP contribution in [0.15, 0.2) is 35.6 Å². The second-order valence-corrected chi connectivity index (χ2v) is 5.50. The van der Waals surface area contributed by atoms with Gasteiger partial charge in [-0.3, -0.25) is 4.79 Å². The van der Waals surface area contributed by atoms with Gasteiger partial charge in [0, 0.05) is 18.1 Å². The largest absolute Gasteiger partial charge is 0.507 e. The third kappa shape index (κ3) is 4.62. The first-order chi connectivity index (χ1) is 12.0. The number of hydrogen-bond acceptors (Lipinski definition) is 6. The standard InChI is InChI=1S/C19H22O6/c1-4-23-14-8-6-13(17(11-14)24-5-2)7-9-15(20)18-16(21)10-12(3)25-19(18)22/h6-9,11-12,20H,4-5,10H2,1-3H3/b9-7+,18-15?. The van der Waals surface area contributed by atoms with E-state index in [2.05, 4.69) is 0 Å². The molecule has 1 heterocycles. The summed E-state index contributed by atoms with van der Waals surface area (Å²) in [6.45, 7) is 6.38. The second kappa shape index (κ2) is 8.37. The minimum Gasteiger partial charge on any atom is -0.507 e. The summed E-state index contributed by atoms with van der Waals surface area (Å²) in [6.07, 6.45) is 2.45. The molecule has 25 heavy (non-hydrogen) atoms. The Morgan fingerprint density at radius 1 is 1.28 bits per heavy atom. The van der Waals surface area contributed by atoms with Gasteiger partial charge in [0.15, 0.2) is 5.78 Å². The van der Waals surface area contributed by atoms with E-state index in [1.165, 1.54) is 6.08 Å². The maximum Gasteiger partial charge on any atom is 0.345 e. The van der Waals surface area contributed by atoms with Gasteiger partial charge in [0.05, 0.1) is 13.2 Å². The lowest BCUT2D eigenvalue weighted by Gasteiger charge is -2.19. The number of aliphatic hydroxyl groups is 1. The zero-order valence-corrected chi connectivity index (χ0v) is 14.6. The Hall–Kier alpha value is -2.76. The zero-order valence-electron chi connectivity index (χ0n) is 14.6. The Kier molecular flexibility index (Phi) is 6.22. The van der Waals surface area contributed by atoms with Crippen LogP contribution in [0.1, 0.15) is 32.8 Å². The number of cyclic esters (lactones) is 1. The molecule has 0 radical (unpaired) electrons. The number of Topliss-reactive ketones (excluding diaryl/α,β-unsaturated/α-hetero) is 1. The van der Waals surface area contributed by atoms with E-state index in [4.69, 9.17) is 14.2 Å². The van der Waals surface area contributed by atoms with Crippen molar-refractivity contribution in [3.05, 3.63) is 41.2 Å². The summed E-state index contributed by atoms with van der Waals surface area (Å²) in [6, 6.07) is 5.30. The average molecular weight is 346 g/mol. The third-order valence-corrected chi connectivity index (χ3v) is 3.54. The van der Waals surface area contributed by atoms with Crippen molar-refractivity contribution in [2.45, 2.75) is 33.3 Å². The van der Waals surface area contributed by atoms with E-state index in [1.54, 1.807) is 31.2 Å². The number of ketones is 1. The summed E-state index contributed by atoms with van der Waals surface area (Å²) in [5.41, 5.74) is 0.362. The topological polar surface area (TPSA) is 82.1 Å². The lowest BCUT2D eigenvalue weighted by atomic mass is 10.0. The van der Waals surface area contributed by atoms with Crippen molar-refractivity contribution < 1.29 is 28.9 Å². The molecule has 1 aliphatic heterocycles. The molecule has 1 fully saturated rings. The van der Waals surface area contributed by atoms with E-state index >= 15 is 0 Å². The van der Waals surface area contributed by atoms with Crippen LogP contribution in [-0.4, -0.2) is 36.2 Å². The summed E-state index contributed by atoms with van der Waals surface area (Å²) in [5, 5.41) is 10.1. The van der Waals surface area contributed by atoms with Crippen molar-refractivity contribution in [1.82, 2.24) is 0 Å². The van der Waals surface area contributed by atoms with Gasteiger partial charge in [0.2, 0.25) is 0 Å². The Balaban J connectivity index is 2.29. The zero-order chi connectivity index (χ0) is 18.4. The van der Waals surface area contributed by atoms with Crippen LogP contribution in [0.5, 0.6) is 11.5 Å². The molecule has 134 valence electrons. The normalized spacial score (nSPS) is 19.7. The lowest BCUT2D eigenvalue weighted by Crippen LogP contribution is -2.31. The number of ether oxygens (including phenoxy) is 3. The Morgan fingerprint density at radius 2 is 2.00 bits per heavy atom. The van der Waals surface area contributed by atoms with E-state index in [-0.39, 0.29) is 12.0 Å². The lowest BCUT2D eigenvalue weighted by molar-refractivity contribution is -0.150. The summed E-state index contributed by atoms with van der Waals surface area (Å²) < 4.78 is 16.0. The van der Waals surface area contributed by atoms with E-state index in [0.717, 1.165) is 0 Å². The second-order valence-electron chi connectivity index (χ2n) is 5.50. The van der Waals surface area contributed by atoms with E-state index < -0.39 is 23.6 Å². The summed E-state index contributed by atoms with van der Waals surface area (Å²) >= 11 is 0. The molecular weight excluding hydrogens is 324 g/mol. The van der Waals surface area contributed by atoms with Crippen LogP contribution in [0.2, 0.25) is 0 Å². The predicted octanol–water partition coefficient (Wildman–Crippen LogP) is 3.21. The molecule has 1 aromatic rings. The van der Waals surface area contributed by atoms with Crippen LogP contribution in [0, 0.1) is 0 Å². The molecule has 1 N–H and O–H groups in total. The molecule has 1 saturated heterocycles. The van der Waals surface area contributed by atoms with Crippen molar-refractivity contribution >= 4 is 17.8 Å². The van der Waals surface area contributed by atoms with E-state index in [0.29, 0.717) is 30.3 Å². The van der Waals surface area contributed by atoms with Crippen molar-refractivity contribution in [1.29, 1.82) is 0 Å². The number of carbonyl (C=O) groups excluding carboxylic acids is 2. The molecule has 1 aliphatic rings. The van der Waals surface area contributed by atoms with Gasteiger partial charge in [0.25, 0.3) is 0 Å². The monoisotopic (exact) mass is 346 g/mol. The van der Waals surface area contributed by atoms with Crippen LogP contribution >= 0.6 is 0 Å². The van der Waals surface area contributed by atoms with Crippen LogP contribution in [-0.2, 0) is 14.3 Å². The fourth-order valence-corrected chi connectivity index (χ4v) is 2.45. The van der Waals surface area contributed by atoms with Crippen LogP contribution in [0.4, 0.5) is 0 Å². The maximum absolute atomic E-state index is 12.0. The van der Waals surface area contributed by atoms with Crippen molar-refractivity contribution in [3.63, 3.8) is 0 Å². The van der Waals surface area contributed by atoms with Crippen LogP contribution < -0.4 is 9.47 Å². The number of allylic oxidation sites excluding steroid dienone is 1. The summed E-state index contributed by atoms with van der Waals surface area (Å²) in [5.74, 6) is -0.400. The highest BCUT2D eigenvalue weighted by molar-refractivity contribution is 6.19. The highest BCUT2D eigenvalue weighted by Gasteiger charge is 2.32. The molecule has 0 aliphatic carbocycles. The number of benzene rings is 1. The van der Waals surface area contributed by atoms with Crippen LogP contribution in [0.3, 0.4) is 0 Å². The van der Waals surface area contributed by atoms with Crippen molar-refractivity contribution in [2.24, 2.45) is 0 Å². The first-order valence-corrected chi connectivity index (χ1v) is 8.21. The molecule has 1 aromatic carbocycles. The molecule has 0 aromatic heterocycles.